The van der Waals surface area contributed by atoms with E-state index in [-0.39, 0.29) is 0 Å². The van der Waals surface area contributed by atoms with E-state index in [2.05, 4.69) is 109 Å². The van der Waals surface area contributed by atoms with Crippen molar-refractivity contribution in [3.8, 4) is 22.3 Å². The molecule has 164 valence electrons. The maximum Gasteiger partial charge on any atom is 0.0491 e. The Balaban J connectivity index is 0.000000686. The highest BCUT2D eigenvalue weighted by Crippen LogP contribution is 2.35. The summed E-state index contributed by atoms with van der Waals surface area (Å²) < 4.78 is 2.47. The van der Waals surface area contributed by atoms with Crippen LogP contribution in [-0.4, -0.2) is 29.0 Å². The summed E-state index contributed by atoms with van der Waals surface area (Å²) in [4.78, 5) is 0. The van der Waals surface area contributed by atoms with Gasteiger partial charge in [0.15, 0.2) is 0 Å². The molecule has 3 heteroatoms. The van der Waals surface area contributed by atoms with Crippen LogP contribution in [0, 0.1) is 0 Å². The summed E-state index contributed by atoms with van der Waals surface area (Å²) in [6.07, 6.45) is 1.12. The van der Waals surface area contributed by atoms with E-state index < -0.39 is 0 Å². The molecule has 0 atom stereocenters. The lowest BCUT2D eigenvalue weighted by molar-refractivity contribution is 0.399. The van der Waals surface area contributed by atoms with Crippen LogP contribution >= 0.6 is 0 Å². The molecular weight excluding hydrogens is 394 g/mol. The number of aliphatic hydroxyl groups is 2. The normalized spacial score (nSPS) is 10.3. The Morgan fingerprint density at radius 2 is 0.938 bits per heavy atom. The van der Waals surface area contributed by atoms with Gasteiger partial charge in [0, 0.05) is 42.6 Å². The van der Waals surface area contributed by atoms with Gasteiger partial charge in [-0.15, -0.1) is 0 Å². The predicted octanol–water partition coefficient (Wildman–Crippen LogP) is 6.76. The average molecular weight is 426 g/mol. The van der Waals surface area contributed by atoms with Gasteiger partial charge in [0.25, 0.3) is 0 Å². The molecule has 0 bridgehead atoms. The van der Waals surface area contributed by atoms with E-state index in [4.69, 9.17) is 10.2 Å². The Morgan fingerprint density at radius 3 is 1.31 bits per heavy atom. The highest BCUT2D eigenvalue weighted by atomic mass is 16.2. The summed E-state index contributed by atoms with van der Waals surface area (Å²) in [6, 6.07) is 35.1. The van der Waals surface area contributed by atoms with Gasteiger partial charge >= 0.3 is 0 Å². The Labute approximate surface area is 190 Å². The highest BCUT2D eigenvalue weighted by Gasteiger charge is 2.12. The average Bonchev–Trinajstić information content (AvgIpc) is 3.20. The van der Waals surface area contributed by atoms with Gasteiger partial charge in [0.1, 0.15) is 0 Å². The zero-order chi connectivity index (χ0) is 22.9. The Hall–Kier alpha value is -3.40. The zero-order valence-electron chi connectivity index (χ0n) is 19.0. The quantitative estimate of drug-likeness (QED) is 0.334. The first-order chi connectivity index (χ1) is 15.8. The van der Waals surface area contributed by atoms with E-state index in [0.717, 1.165) is 27.2 Å². The van der Waals surface area contributed by atoms with Crippen LogP contribution in [0.15, 0.2) is 97.1 Å². The molecule has 0 aliphatic heterocycles. The van der Waals surface area contributed by atoms with Gasteiger partial charge in [-0.25, -0.2) is 0 Å². The van der Waals surface area contributed by atoms with Crippen LogP contribution < -0.4 is 0 Å². The summed E-state index contributed by atoms with van der Waals surface area (Å²) >= 11 is 0. The van der Waals surface area contributed by atoms with Crippen LogP contribution in [0.1, 0.15) is 13.3 Å². The van der Waals surface area contributed by atoms with Crippen LogP contribution in [0.2, 0.25) is 0 Å². The Bertz CT molecular complexity index is 1160. The third kappa shape index (κ3) is 4.59. The SMILES string of the molecule is CCCn1c2ccc(-c3ccccc3)cc2c2cc(-c3ccccc3)ccc21.CO.CO. The first-order valence-electron chi connectivity index (χ1n) is 10.9. The van der Waals surface area contributed by atoms with Crippen molar-refractivity contribution >= 4 is 21.8 Å². The molecule has 0 aliphatic rings. The molecule has 0 saturated carbocycles. The lowest BCUT2D eigenvalue weighted by atomic mass is 10.0. The third-order valence-electron chi connectivity index (χ3n) is 5.53. The first-order valence-corrected chi connectivity index (χ1v) is 10.9. The Kier molecular flexibility index (Phi) is 8.20. The van der Waals surface area contributed by atoms with Crippen molar-refractivity contribution in [3.05, 3.63) is 97.1 Å². The van der Waals surface area contributed by atoms with E-state index in [1.165, 1.54) is 44.1 Å². The lowest BCUT2D eigenvalue weighted by Gasteiger charge is -2.06. The minimum Gasteiger partial charge on any atom is -0.400 e. The summed E-state index contributed by atoms with van der Waals surface area (Å²) in [5, 5.41) is 16.7. The largest absolute Gasteiger partial charge is 0.400 e. The predicted molar refractivity (Wildman–Crippen MR) is 137 cm³/mol. The molecule has 32 heavy (non-hydrogen) atoms. The summed E-state index contributed by atoms with van der Waals surface area (Å²) in [7, 11) is 2.00. The fraction of sp³-hybridized carbons (Fsp3) is 0.172. The van der Waals surface area contributed by atoms with E-state index in [1.807, 2.05) is 0 Å². The third-order valence-corrected chi connectivity index (χ3v) is 5.53. The number of hydrogen-bond donors (Lipinski definition) is 2. The van der Waals surface area contributed by atoms with Crippen molar-refractivity contribution in [1.82, 2.24) is 4.57 Å². The summed E-state index contributed by atoms with van der Waals surface area (Å²) in [5.41, 5.74) is 7.71. The maximum atomic E-state index is 7.00. The molecule has 0 spiro atoms. The molecule has 0 saturated heterocycles. The van der Waals surface area contributed by atoms with Gasteiger partial charge in [-0.05, 0) is 52.9 Å². The molecule has 2 N–H and O–H groups in total. The molecule has 5 rings (SSSR count). The van der Waals surface area contributed by atoms with Crippen molar-refractivity contribution in [2.75, 3.05) is 14.2 Å². The van der Waals surface area contributed by atoms with Crippen LogP contribution in [0.25, 0.3) is 44.1 Å². The Morgan fingerprint density at radius 1 is 0.531 bits per heavy atom. The fourth-order valence-electron chi connectivity index (χ4n) is 4.19. The molecule has 5 aromatic rings. The van der Waals surface area contributed by atoms with E-state index >= 15 is 0 Å². The van der Waals surface area contributed by atoms with Gasteiger partial charge in [0.2, 0.25) is 0 Å². The number of benzene rings is 4. The van der Waals surface area contributed by atoms with Gasteiger partial charge in [0.05, 0.1) is 0 Å². The molecule has 0 aliphatic carbocycles. The maximum absolute atomic E-state index is 7.00. The van der Waals surface area contributed by atoms with Gasteiger partial charge < -0.3 is 14.8 Å². The van der Waals surface area contributed by atoms with Crippen LogP contribution in [-0.2, 0) is 6.54 Å². The second-order valence-corrected chi connectivity index (χ2v) is 7.35. The smallest absolute Gasteiger partial charge is 0.0491 e. The highest BCUT2D eigenvalue weighted by molar-refractivity contribution is 6.10. The monoisotopic (exact) mass is 425 g/mol. The molecular formula is C29H31NO2. The first kappa shape index (κ1) is 23.3. The minimum atomic E-state index is 1.00. The molecule has 1 heterocycles. The standard InChI is InChI=1S/C27H23N.2CH4O/c1-2-17-28-26-15-13-22(20-9-5-3-6-10-20)18-24(26)25-19-23(14-16-27(25)28)21-11-7-4-8-12-21;2*1-2/h3-16,18-19H,2,17H2,1H3;2*2H,1H3. The molecule has 4 aromatic carbocycles. The molecule has 3 nitrogen and oxygen atoms in total. The van der Waals surface area contributed by atoms with Crippen LogP contribution in [0.3, 0.4) is 0 Å². The summed E-state index contributed by atoms with van der Waals surface area (Å²) in [6.45, 7) is 3.28. The van der Waals surface area contributed by atoms with Crippen LogP contribution in [0.4, 0.5) is 0 Å². The molecule has 0 amide bonds. The molecule has 0 radical (unpaired) electrons. The van der Waals surface area contributed by atoms with Crippen molar-refractivity contribution in [1.29, 1.82) is 0 Å². The van der Waals surface area contributed by atoms with Gasteiger partial charge in [-0.1, -0.05) is 79.7 Å². The number of aliphatic hydroxyl groups excluding tert-OH is 2. The second kappa shape index (κ2) is 11.3. The zero-order valence-corrected chi connectivity index (χ0v) is 19.0. The van der Waals surface area contributed by atoms with E-state index in [1.54, 1.807) is 0 Å². The topological polar surface area (TPSA) is 45.4 Å². The minimum absolute atomic E-state index is 1.00. The number of aryl methyl sites for hydroxylation is 1. The van der Waals surface area contributed by atoms with Crippen molar-refractivity contribution in [3.63, 3.8) is 0 Å². The molecule has 0 fully saturated rings. The van der Waals surface area contributed by atoms with E-state index in [0.29, 0.717) is 0 Å². The number of fused-ring (bicyclic) bond motifs is 3. The lowest BCUT2D eigenvalue weighted by Crippen LogP contribution is -1.95. The van der Waals surface area contributed by atoms with E-state index in [9.17, 15) is 0 Å². The number of nitrogens with zero attached hydrogens (tertiary/aromatic N) is 1. The second-order valence-electron chi connectivity index (χ2n) is 7.35. The number of hydrogen-bond acceptors (Lipinski definition) is 2. The van der Waals surface area contributed by atoms with Crippen molar-refractivity contribution in [2.45, 2.75) is 19.9 Å². The fourth-order valence-corrected chi connectivity index (χ4v) is 4.19. The van der Waals surface area contributed by atoms with Crippen molar-refractivity contribution < 1.29 is 10.2 Å². The number of aromatic nitrogens is 1. The van der Waals surface area contributed by atoms with Gasteiger partial charge in [-0.2, -0.15) is 0 Å². The van der Waals surface area contributed by atoms with Crippen molar-refractivity contribution in [2.24, 2.45) is 0 Å². The summed E-state index contributed by atoms with van der Waals surface area (Å²) in [5.74, 6) is 0. The molecule has 0 unspecified atom stereocenters. The van der Waals surface area contributed by atoms with Gasteiger partial charge in [-0.3, -0.25) is 0 Å². The molecule has 1 aromatic heterocycles. The number of rotatable bonds is 4. The van der Waals surface area contributed by atoms with Crippen LogP contribution in [0.5, 0.6) is 0 Å².